The maximum absolute atomic E-state index is 5.69. The third-order valence-electron chi connectivity index (χ3n) is 2.63. The molecule has 0 aliphatic heterocycles. The van der Waals surface area contributed by atoms with E-state index in [1.807, 2.05) is 0 Å². The van der Waals surface area contributed by atoms with E-state index in [4.69, 9.17) is 11.2 Å². The number of terminal acetylenes is 1. The monoisotopic (exact) mass is 216 g/mol. The van der Waals surface area contributed by atoms with E-state index in [0.29, 0.717) is 0 Å². The zero-order valence-corrected chi connectivity index (χ0v) is 10.5. The molecule has 0 N–H and O–H groups in total. The molecular formula is C15H20O. The summed E-state index contributed by atoms with van der Waals surface area (Å²) in [7, 11) is 0. The van der Waals surface area contributed by atoms with Crippen molar-refractivity contribution in [3.63, 3.8) is 0 Å². The van der Waals surface area contributed by atoms with E-state index in [2.05, 4.69) is 38.8 Å². The van der Waals surface area contributed by atoms with Crippen LogP contribution >= 0.6 is 0 Å². The van der Waals surface area contributed by atoms with Gasteiger partial charge in [0.1, 0.15) is 5.75 Å². The Balaban J connectivity index is 2.84. The Hall–Kier alpha value is -1.42. The van der Waals surface area contributed by atoms with Gasteiger partial charge in [-0.2, -0.15) is 0 Å². The molecule has 0 spiro atoms. The summed E-state index contributed by atoms with van der Waals surface area (Å²) in [5.74, 6) is 3.68. The van der Waals surface area contributed by atoms with Crippen molar-refractivity contribution in [2.75, 3.05) is 6.61 Å². The summed E-state index contributed by atoms with van der Waals surface area (Å²) < 4.78 is 5.69. The zero-order chi connectivity index (χ0) is 12.0. The molecule has 1 rings (SSSR count). The first-order valence-corrected chi connectivity index (χ1v) is 5.85. The fraction of sp³-hybridized carbons (Fsp3) is 0.467. The summed E-state index contributed by atoms with van der Waals surface area (Å²) in [6.07, 6.45) is 8.08. The highest BCUT2D eigenvalue weighted by molar-refractivity contribution is 5.41. The summed E-state index contributed by atoms with van der Waals surface area (Å²) >= 11 is 0. The van der Waals surface area contributed by atoms with Gasteiger partial charge in [0.2, 0.25) is 0 Å². The van der Waals surface area contributed by atoms with Crippen LogP contribution in [0, 0.1) is 26.2 Å². The van der Waals surface area contributed by atoms with E-state index in [9.17, 15) is 0 Å². The van der Waals surface area contributed by atoms with Crippen molar-refractivity contribution in [2.24, 2.45) is 0 Å². The number of benzene rings is 1. The largest absolute Gasteiger partial charge is 0.493 e. The van der Waals surface area contributed by atoms with Crippen LogP contribution in [-0.4, -0.2) is 6.61 Å². The molecule has 0 bridgehead atoms. The third-order valence-corrected chi connectivity index (χ3v) is 2.63. The molecule has 0 atom stereocenters. The standard InChI is InChI=1S/C15H20O/c1-5-7-8-14-10-13(4)15(11-12(14)3)16-9-6-2/h1,10-11H,6-9H2,2-4H3. The molecule has 0 saturated heterocycles. The fourth-order valence-corrected chi connectivity index (χ4v) is 1.69. The normalized spacial score (nSPS) is 9.88. The maximum Gasteiger partial charge on any atom is 0.122 e. The second-order valence-corrected chi connectivity index (χ2v) is 4.10. The Morgan fingerprint density at radius 1 is 1.25 bits per heavy atom. The summed E-state index contributed by atoms with van der Waals surface area (Å²) in [4.78, 5) is 0. The predicted molar refractivity (Wildman–Crippen MR) is 68.9 cm³/mol. The van der Waals surface area contributed by atoms with Crippen molar-refractivity contribution in [3.05, 3.63) is 28.8 Å². The Kier molecular flexibility index (Phi) is 4.92. The second kappa shape index (κ2) is 6.23. The van der Waals surface area contributed by atoms with Crippen LogP contribution in [0.15, 0.2) is 12.1 Å². The van der Waals surface area contributed by atoms with Crippen LogP contribution in [0.4, 0.5) is 0 Å². The van der Waals surface area contributed by atoms with Crippen LogP contribution in [0.25, 0.3) is 0 Å². The number of rotatable bonds is 5. The molecule has 1 heteroatoms. The molecule has 0 aromatic heterocycles. The first-order valence-electron chi connectivity index (χ1n) is 5.85. The molecule has 0 unspecified atom stereocenters. The van der Waals surface area contributed by atoms with Crippen LogP contribution in [0.2, 0.25) is 0 Å². The quantitative estimate of drug-likeness (QED) is 0.682. The van der Waals surface area contributed by atoms with E-state index in [1.165, 1.54) is 16.7 Å². The maximum atomic E-state index is 5.69. The zero-order valence-electron chi connectivity index (χ0n) is 10.5. The molecule has 0 heterocycles. The lowest BCUT2D eigenvalue weighted by atomic mass is 10.0. The van der Waals surface area contributed by atoms with Crippen LogP contribution in [-0.2, 0) is 6.42 Å². The van der Waals surface area contributed by atoms with Crippen molar-refractivity contribution < 1.29 is 4.74 Å². The van der Waals surface area contributed by atoms with Crippen LogP contribution in [0.1, 0.15) is 36.5 Å². The minimum Gasteiger partial charge on any atom is -0.493 e. The van der Waals surface area contributed by atoms with Gasteiger partial charge in [-0.25, -0.2) is 0 Å². The summed E-state index contributed by atoms with van der Waals surface area (Å²) in [6.45, 7) is 7.10. The molecule has 1 aromatic rings. The molecule has 0 aliphatic rings. The van der Waals surface area contributed by atoms with Crippen LogP contribution < -0.4 is 4.74 Å². The van der Waals surface area contributed by atoms with Gasteiger partial charge in [-0.1, -0.05) is 13.0 Å². The van der Waals surface area contributed by atoms with Crippen molar-refractivity contribution in [1.29, 1.82) is 0 Å². The van der Waals surface area contributed by atoms with Crippen molar-refractivity contribution in [1.82, 2.24) is 0 Å². The van der Waals surface area contributed by atoms with E-state index in [1.54, 1.807) is 0 Å². The lowest BCUT2D eigenvalue weighted by Gasteiger charge is -2.12. The number of ether oxygens (including phenoxy) is 1. The third kappa shape index (κ3) is 3.31. The molecule has 86 valence electrons. The minimum absolute atomic E-state index is 0.782. The topological polar surface area (TPSA) is 9.23 Å². The highest BCUT2D eigenvalue weighted by atomic mass is 16.5. The SMILES string of the molecule is C#CCCc1cc(C)c(OCCC)cc1C. The fourth-order valence-electron chi connectivity index (χ4n) is 1.69. The molecule has 1 nitrogen and oxygen atoms in total. The number of hydrogen-bond acceptors (Lipinski definition) is 1. The Labute approximate surface area is 98.8 Å². The Bertz CT molecular complexity index is 385. The first-order chi connectivity index (χ1) is 7.69. The van der Waals surface area contributed by atoms with Gasteiger partial charge in [0.15, 0.2) is 0 Å². The molecule has 0 aliphatic carbocycles. The van der Waals surface area contributed by atoms with Gasteiger partial charge in [0, 0.05) is 6.42 Å². The average Bonchev–Trinajstić information content (AvgIpc) is 2.28. The van der Waals surface area contributed by atoms with Gasteiger partial charge in [-0.15, -0.1) is 12.3 Å². The lowest BCUT2D eigenvalue weighted by molar-refractivity contribution is 0.315. The lowest BCUT2D eigenvalue weighted by Crippen LogP contribution is -1.99. The van der Waals surface area contributed by atoms with Gasteiger partial charge in [0.05, 0.1) is 6.61 Å². The van der Waals surface area contributed by atoms with Gasteiger partial charge in [-0.3, -0.25) is 0 Å². The Morgan fingerprint density at radius 3 is 2.62 bits per heavy atom. The molecular weight excluding hydrogens is 196 g/mol. The summed E-state index contributed by atoms with van der Waals surface area (Å²) in [5, 5.41) is 0. The highest BCUT2D eigenvalue weighted by Gasteiger charge is 2.04. The van der Waals surface area contributed by atoms with Gasteiger partial charge < -0.3 is 4.74 Å². The average molecular weight is 216 g/mol. The molecule has 0 saturated carbocycles. The molecule has 16 heavy (non-hydrogen) atoms. The smallest absolute Gasteiger partial charge is 0.122 e. The first kappa shape index (κ1) is 12.6. The summed E-state index contributed by atoms with van der Waals surface area (Å²) in [5.41, 5.74) is 3.80. The number of aryl methyl sites for hydroxylation is 3. The van der Waals surface area contributed by atoms with Gasteiger partial charge >= 0.3 is 0 Å². The minimum atomic E-state index is 0.782. The highest BCUT2D eigenvalue weighted by Crippen LogP contribution is 2.23. The van der Waals surface area contributed by atoms with Crippen molar-refractivity contribution >= 4 is 0 Å². The van der Waals surface area contributed by atoms with Gasteiger partial charge in [0.25, 0.3) is 0 Å². The number of hydrogen-bond donors (Lipinski definition) is 0. The van der Waals surface area contributed by atoms with Crippen LogP contribution in [0.5, 0.6) is 5.75 Å². The second-order valence-electron chi connectivity index (χ2n) is 4.10. The van der Waals surface area contributed by atoms with E-state index in [0.717, 1.165) is 31.6 Å². The van der Waals surface area contributed by atoms with E-state index >= 15 is 0 Å². The van der Waals surface area contributed by atoms with Crippen molar-refractivity contribution in [3.8, 4) is 18.1 Å². The van der Waals surface area contributed by atoms with E-state index < -0.39 is 0 Å². The predicted octanol–water partition coefficient (Wildman–Crippen LogP) is 3.66. The molecule has 0 amide bonds. The summed E-state index contributed by atoms with van der Waals surface area (Å²) in [6, 6.07) is 4.31. The molecule has 0 fully saturated rings. The van der Waals surface area contributed by atoms with Gasteiger partial charge in [-0.05, 0) is 49.4 Å². The van der Waals surface area contributed by atoms with E-state index in [-0.39, 0.29) is 0 Å². The van der Waals surface area contributed by atoms with Crippen molar-refractivity contribution in [2.45, 2.75) is 40.0 Å². The Morgan fingerprint density at radius 2 is 2.00 bits per heavy atom. The molecule has 1 aromatic carbocycles. The molecule has 0 radical (unpaired) electrons. The van der Waals surface area contributed by atoms with Crippen LogP contribution in [0.3, 0.4) is 0 Å².